The fourth-order valence-electron chi connectivity index (χ4n) is 2.67. The van der Waals surface area contributed by atoms with Crippen LogP contribution in [0.15, 0.2) is 48.5 Å². The summed E-state index contributed by atoms with van der Waals surface area (Å²) in [5.41, 5.74) is 2.57. The smallest absolute Gasteiger partial charge is 0.119 e. The molecule has 1 fully saturated rings. The molecule has 0 heterocycles. The van der Waals surface area contributed by atoms with Crippen LogP contribution in [0.5, 0.6) is 5.75 Å². The zero-order chi connectivity index (χ0) is 14.7. The van der Waals surface area contributed by atoms with E-state index in [-0.39, 0.29) is 0 Å². The number of nitrogens with one attached hydrogen (secondary N) is 1. The minimum Gasteiger partial charge on any atom is -0.497 e. The van der Waals surface area contributed by atoms with Gasteiger partial charge in [-0.25, -0.2) is 0 Å². The van der Waals surface area contributed by atoms with Gasteiger partial charge in [-0.05, 0) is 54.2 Å². The van der Waals surface area contributed by atoms with Gasteiger partial charge in [-0.2, -0.15) is 0 Å². The van der Waals surface area contributed by atoms with Crippen LogP contribution in [0.25, 0.3) is 0 Å². The summed E-state index contributed by atoms with van der Waals surface area (Å²) < 4.78 is 5.28. The van der Waals surface area contributed by atoms with Crippen LogP contribution in [0.4, 0.5) is 0 Å². The van der Waals surface area contributed by atoms with Crippen molar-refractivity contribution >= 4 is 11.6 Å². The molecule has 3 rings (SSSR count). The third-order valence-electron chi connectivity index (χ3n) is 3.98. The number of hydrogen-bond acceptors (Lipinski definition) is 2. The van der Waals surface area contributed by atoms with Crippen molar-refractivity contribution in [2.45, 2.75) is 25.4 Å². The Morgan fingerprint density at radius 3 is 2.62 bits per heavy atom. The van der Waals surface area contributed by atoms with Gasteiger partial charge in [-0.1, -0.05) is 35.9 Å². The van der Waals surface area contributed by atoms with E-state index in [1.807, 2.05) is 24.3 Å². The van der Waals surface area contributed by atoms with Gasteiger partial charge in [0.15, 0.2) is 0 Å². The Balaban J connectivity index is 1.69. The Morgan fingerprint density at radius 2 is 1.95 bits per heavy atom. The molecule has 2 aromatic rings. The van der Waals surface area contributed by atoms with E-state index in [0.717, 1.165) is 23.2 Å². The van der Waals surface area contributed by atoms with Gasteiger partial charge in [-0.3, -0.25) is 0 Å². The summed E-state index contributed by atoms with van der Waals surface area (Å²) in [5, 5.41) is 4.48. The lowest BCUT2D eigenvalue weighted by atomic mass is 10.0. The monoisotopic (exact) mass is 301 g/mol. The molecule has 0 aromatic heterocycles. The van der Waals surface area contributed by atoms with E-state index in [1.165, 1.54) is 24.0 Å². The number of benzene rings is 2. The Morgan fingerprint density at radius 1 is 1.19 bits per heavy atom. The standard InChI is InChI=1S/C18H20ClNO/c1-21-17-4-2-3-13(11-17)12-20-18(14-5-6-14)15-7-9-16(19)10-8-15/h2-4,7-11,14,18,20H,5-6,12H2,1H3. The molecule has 0 spiro atoms. The number of hydrogen-bond donors (Lipinski definition) is 1. The highest BCUT2D eigenvalue weighted by molar-refractivity contribution is 6.30. The van der Waals surface area contributed by atoms with Crippen molar-refractivity contribution in [3.63, 3.8) is 0 Å². The van der Waals surface area contributed by atoms with Crippen molar-refractivity contribution in [3.8, 4) is 5.75 Å². The van der Waals surface area contributed by atoms with E-state index >= 15 is 0 Å². The molecule has 1 aliphatic carbocycles. The van der Waals surface area contributed by atoms with Crippen LogP contribution in [0, 0.1) is 5.92 Å². The summed E-state index contributed by atoms with van der Waals surface area (Å²) in [6, 6.07) is 16.8. The number of rotatable bonds is 6. The van der Waals surface area contributed by atoms with Crippen LogP contribution >= 0.6 is 11.6 Å². The van der Waals surface area contributed by atoms with Crippen molar-refractivity contribution in [3.05, 3.63) is 64.7 Å². The first-order valence-corrected chi connectivity index (χ1v) is 7.76. The lowest BCUT2D eigenvalue weighted by Crippen LogP contribution is -2.22. The molecule has 0 bridgehead atoms. The van der Waals surface area contributed by atoms with E-state index in [0.29, 0.717) is 6.04 Å². The van der Waals surface area contributed by atoms with Gasteiger partial charge in [0.05, 0.1) is 7.11 Å². The lowest BCUT2D eigenvalue weighted by molar-refractivity contribution is 0.413. The molecule has 1 saturated carbocycles. The molecule has 110 valence electrons. The fourth-order valence-corrected chi connectivity index (χ4v) is 2.79. The second-order valence-corrected chi connectivity index (χ2v) is 6.04. The van der Waals surface area contributed by atoms with Crippen LogP contribution in [0.3, 0.4) is 0 Å². The molecule has 3 heteroatoms. The van der Waals surface area contributed by atoms with E-state index in [4.69, 9.17) is 16.3 Å². The summed E-state index contributed by atoms with van der Waals surface area (Å²) in [4.78, 5) is 0. The van der Waals surface area contributed by atoms with Crippen molar-refractivity contribution in [1.82, 2.24) is 5.32 Å². The third kappa shape index (κ3) is 3.78. The summed E-state index contributed by atoms with van der Waals surface area (Å²) in [7, 11) is 1.70. The largest absolute Gasteiger partial charge is 0.497 e. The van der Waals surface area contributed by atoms with Crippen molar-refractivity contribution in [2.75, 3.05) is 7.11 Å². The molecule has 1 atom stereocenters. The second kappa shape index (κ2) is 6.50. The maximum absolute atomic E-state index is 5.98. The Kier molecular flexibility index (Phi) is 4.47. The van der Waals surface area contributed by atoms with Gasteiger partial charge >= 0.3 is 0 Å². The van der Waals surface area contributed by atoms with Gasteiger partial charge in [0.2, 0.25) is 0 Å². The van der Waals surface area contributed by atoms with Crippen molar-refractivity contribution in [1.29, 1.82) is 0 Å². The molecule has 0 radical (unpaired) electrons. The van der Waals surface area contributed by atoms with Crippen LogP contribution < -0.4 is 10.1 Å². The Bertz CT molecular complexity index is 592. The molecular formula is C18H20ClNO. The molecule has 1 N–H and O–H groups in total. The molecule has 1 aliphatic rings. The van der Waals surface area contributed by atoms with Gasteiger partial charge < -0.3 is 10.1 Å². The SMILES string of the molecule is COc1cccc(CNC(c2ccc(Cl)cc2)C2CC2)c1. The normalized spacial score (nSPS) is 15.7. The van der Waals surface area contributed by atoms with Crippen LogP contribution in [-0.4, -0.2) is 7.11 Å². The molecule has 21 heavy (non-hydrogen) atoms. The molecule has 0 saturated heterocycles. The summed E-state index contributed by atoms with van der Waals surface area (Å²) in [6.45, 7) is 0.848. The number of halogens is 1. The highest BCUT2D eigenvalue weighted by Crippen LogP contribution is 2.41. The highest BCUT2D eigenvalue weighted by Gasteiger charge is 2.31. The summed E-state index contributed by atoms with van der Waals surface area (Å²) in [5.74, 6) is 1.65. The first-order valence-electron chi connectivity index (χ1n) is 7.38. The Labute approximate surface area is 131 Å². The van der Waals surface area contributed by atoms with Crippen molar-refractivity contribution in [2.24, 2.45) is 5.92 Å². The van der Waals surface area contributed by atoms with E-state index in [2.05, 4.69) is 29.6 Å². The zero-order valence-corrected chi connectivity index (χ0v) is 12.9. The lowest BCUT2D eigenvalue weighted by Gasteiger charge is -2.19. The molecule has 0 amide bonds. The first-order chi connectivity index (χ1) is 10.3. The van der Waals surface area contributed by atoms with Gasteiger partial charge in [0, 0.05) is 17.6 Å². The Hall–Kier alpha value is -1.51. The van der Waals surface area contributed by atoms with Crippen LogP contribution in [0.2, 0.25) is 5.02 Å². The maximum Gasteiger partial charge on any atom is 0.119 e. The second-order valence-electron chi connectivity index (χ2n) is 5.60. The highest BCUT2D eigenvalue weighted by atomic mass is 35.5. The molecular weight excluding hydrogens is 282 g/mol. The minimum absolute atomic E-state index is 0.411. The summed E-state index contributed by atoms with van der Waals surface area (Å²) >= 11 is 5.98. The third-order valence-corrected chi connectivity index (χ3v) is 4.23. The number of methoxy groups -OCH3 is 1. The van der Waals surface area contributed by atoms with Crippen LogP contribution in [-0.2, 0) is 6.54 Å². The van der Waals surface area contributed by atoms with E-state index < -0.39 is 0 Å². The molecule has 0 aliphatic heterocycles. The predicted molar refractivity (Wildman–Crippen MR) is 86.8 cm³/mol. The minimum atomic E-state index is 0.411. The number of ether oxygens (including phenoxy) is 1. The maximum atomic E-state index is 5.98. The first kappa shape index (κ1) is 14.4. The van der Waals surface area contributed by atoms with Gasteiger partial charge in [-0.15, -0.1) is 0 Å². The van der Waals surface area contributed by atoms with Crippen LogP contribution in [0.1, 0.15) is 30.0 Å². The van der Waals surface area contributed by atoms with E-state index in [9.17, 15) is 0 Å². The fraction of sp³-hybridized carbons (Fsp3) is 0.333. The molecule has 1 unspecified atom stereocenters. The average molecular weight is 302 g/mol. The predicted octanol–water partition coefficient (Wildman–Crippen LogP) is 4.59. The summed E-state index contributed by atoms with van der Waals surface area (Å²) in [6.07, 6.45) is 2.61. The van der Waals surface area contributed by atoms with Gasteiger partial charge in [0.1, 0.15) is 5.75 Å². The van der Waals surface area contributed by atoms with Crippen molar-refractivity contribution < 1.29 is 4.74 Å². The van der Waals surface area contributed by atoms with E-state index in [1.54, 1.807) is 7.11 Å². The molecule has 2 aromatic carbocycles. The quantitative estimate of drug-likeness (QED) is 0.842. The molecule has 2 nitrogen and oxygen atoms in total. The topological polar surface area (TPSA) is 21.3 Å². The zero-order valence-electron chi connectivity index (χ0n) is 12.2. The van der Waals surface area contributed by atoms with Gasteiger partial charge in [0.25, 0.3) is 0 Å². The average Bonchev–Trinajstić information content (AvgIpc) is 3.34.